The van der Waals surface area contributed by atoms with Crippen molar-refractivity contribution in [3.63, 3.8) is 0 Å². The van der Waals surface area contributed by atoms with E-state index in [4.69, 9.17) is 35.1 Å². The van der Waals surface area contributed by atoms with Gasteiger partial charge in [-0.05, 0) is 83.9 Å². The summed E-state index contributed by atoms with van der Waals surface area (Å²) in [6.45, 7) is 9.77. The van der Waals surface area contributed by atoms with Gasteiger partial charge in [0.1, 0.15) is 17.6 Å². The highest BCUT2D eigenvalue weighted by Crippen LogP contribution is 2.39. The number of aromatic nitrogens is 4. The number of halogens is 1. The van der Waals surface area contributed by atoms with E-state index in [1.807, 2.05) is 17.7 Å². The standard InChI is InChI=1S/C30H45ClN7O5PS/c1-8-9-21(3)42-29(39)30(4,5)35-44(43-24-14-10-22(31)11-15-24)41-17-25(40-6)16-20(2)37-19-34-26-27(37)32-18-33-28(26)38(36-45-7)23-12-13-23/h10-11,14-15,18-21,23,25,35-36H,8-9,12-13,16-17H2,1-7H3. The Hall–Kier alpha value is -2.25. The predicted octanol–water partition coefficient (Wildman–Crippen LogP) is 6.62. The molecule has 1 saturated carbocycles. The monoisotopic (exact) mass is 681 g/mol. The van der Waals surface area contributed by atoms with Gasteiger partial charge in [0.15, 0.2) is 17.0 Å². The van der Waals surface area contributed by atoms with Gasteiger partial charge < -0.3 is 23.1 Å². The summed E-state index contributed by atoms with van der Waals surface area (Å²) in [6.07, 6.45) is 9.44. The maximum atomic E-state index is 13.0. The van der Waals surface area contributed by atoms with Gasteiger partial charge in [0.2, 0.25) is 0 Å². The first kappa shape index (κ1) is 35.6. The molecule has 0 aliphatic heterocycles. The lowest BCUT2D eigenvalue weighted by atomic mass is 10.1. The highest BCUT2D eigenvalue weighted by atomic mass is 35.5. The number of esters is 1. The van der Waals surface area contributed by atoms with Crippen LogP contribution in [0.2, 0.25) is 5.02 Å². The number of methoxy groups -OCH3 is 1. The van der Waals surface area contributed by atoms with Crippen molar-refractivity contribution >= 4 is 55.0 Å². The normalized spacial score (nSPS) is 16.3. The van der Waals surface area contributed by atoms with Crippen molar-refractivity contribution in [3.05, 3.63) is 41.9 Å². The highest BCUT2D eigenvalue weighted by molar-refractivity contribution is 7.96. The van der Waals surface area contributed by atoms with Gasteiger partial charge in [-0.25, -0.2) is 20.0 Å². The van der Waals surface area contributed by atoms with Crippen LogP contribution < -0.4 is 19.5 Å². The SMILES string of the molecule is CCCC(C)OC(=O)C(C)(C)NP(OCC(CC(C)n1cnc2c(N(NSC)C3CC3)ncnc21)OC)Oc1ccc(Cl)cc1. The molecular formula is C30H45ClN7O5PS. The van der Waals surface area contributed by atoms with Crippen molar-refractivity contribution < 1.29 is 23.3 Å². The summed E-state index contributed by atoms with van der Waals surface area (Å²) in [4.78, 5) is 30.2. The molecule has 1 aliphatic rings. The van der Waals surface area contributed by atoms with Gasteiger partial charge >= 0.3 is 14.5 Å². The first-order valence-corrected chi connectivity index (χ1v) is 18.0. The van der Waals surface area contributed by atoms with Crippen molar-refractivity contribution in [2.75, 3.05) is 25.0 Å². The lowest BCUT2D eigenvalue weighted by Crippen LogP contribution is -2.47. The smallest absolute Gasteiger partial charge is 0.326 e. The Kier molecular flexibility index (Phi) is 13.1. The number of ether oxygens (including phenoxy) is 2. The van der Waals surface area contributed by atoms with Crippen LogP contribution in [-0.2, 0) is 18.8 Å². The van der Waals surface area contributed by atoms with Crippen LogP contribution in [0.5, 0.6) is 5.75 Å². The largest absolute Gasteiger partial charge is 0.461 e. The van der Waals surface area contributed by atoms with Crippen LogP contribution in [0.15, 0.2) is 36.9 Å². The van der Waals surface area contributed by atoms with Crippen LogP contribution in [0.1, 0.15) is 72.8 Å². The fourth-order valence-electron chi connectivity index (χ4n) is 4.68. The molecule has 0 radical (unpaired) electrons. The maximum Gasteiger partial charge on any atom is 0.326 e. The van der Waals surface area contributed by atoms with Crippen LogP contribution in [0.3, 0.4) is 0 Å². The number of fused-ring (bicyclic) bond motifs is 1. The fraction of sp³-hybridized carbons (Fsp3) is 0.600. The first-order valence-electron chi connectivity index (χ1n) is 15.2. The topological polar surface area (TPSA) is 125 Å². The molecule has 4 unspecified atom stereocenters. The Bertz CT molecular complexity index is 1380. The zero-order chi connectivity index (χ0) is 32.6. The molecule has 0 bridgehead atoms. The second kappa shape index (κ2) is 16.5. The van der Waals surface area contributed by atoms with Crippen LogP contribution in [0.4, 0.5) is 5.82 Å². The number of imidazole rings is 1. The Morgan fingerprint density at radius 1 is 1.22 bits per heavy atom. The third-order valence-corrected chi connectivity index (χ3v) is 9.48. The second-order valence-corrected chi connectivity index (χ2v) is 13.9. The van der Waals surface area contributed by atoms with Gasteiger partial charge in [-0.2, -0.15) is 4.83 Å². The van der Waals surface area contributed by atoms with Crippen molar-refractivity contribution in [2.24, 2.45) is 0 Å². The number of carbonyl (C=O) groups excluding carboxylic acids is 1. The molecule has 1 aromatic carbocycles. The van der Waals surface area contributed by atoms with Crippen molar-refractivity contribution in [1.82, 2.24) is 29.4 Å². The summed E-state index contributed by atoms with van der Waals surface area (Å²) >= 11 is 7.61. The van der Waals surface area contributed by atoms with Crippen molar-refractivity contribution in [2.45, 2.75) is 96.6 Å². The van der Waals surface area contributed by atoms with Crippen LogP contribution in [0.25, 0.3) is 11.2 Å². The van der Waals surface area contributed by atoms with E-state index in [1.165, 1.54) is 11.9 Å². The molecule has 2 heterocycles. The van der Waals surface area contributed by atoms with Crippen LogP contribution in [-0.4, -0.2) is 69.2 Å². The number of benzene rings is 1. The minimum atomic E-state index is -1.78. The number of rotatable bonds is 19. The molecule has 15 heteroatoms. The molecule has 2 aromatic heterocycles. The van der Waals surface area contributed by atoms with Gasteiger partial charge in [-0.15, -0.1) is 0 Å². The van der Waals surface area contributed by atoms with Crippen LogP contribution >= 0.6 is 32.1 Å². The molecule has 0 spiro atoms. The maximum absolute atomic E-state index is 13.0. The molecule has 248 valence electrons. The average Bonchev–Trinajstić information content (AvgIpc) is 3.76. The van der Waals surface area contributed by atoms with E-state index in [2.05, 4.69) is 38.7 Å². The molecule has 1 aliphatic carbocycles. The molecule has 0 amide bonds. The number of nitrogens with one attached hydrogen (secondary N) is 2. The molecule has 1 fully saturated rings. The van der Waals surface area contributed by atoms with E-state index < -0.39 is 14.1 Å². The third kappa shape index (κ3) is 9.87. The van der Waals surface area contributed by atoms with Crippen LogP contribution in [0, 0.1) is 0 Å². The van der Waals surface area contributed by atoms with Gasteiger partial charge in [-0.3, -0.25) is 9.80 Å². The lowest BCUT2D eigenvalue weighted by molar-refractivity contribution is -0.154. The second-order valence-electron chi connectivity index (χ2n) is 11.7. The third-order valence-electron chi connectivity index (χ3n) is 7.35. The summed E-state index contributed by atoms with van der Waals surface area (Å²) in [5, 5.41) is 5.92. The molecule has 2 N–H and O–H groups in total. The van der Waals surface area contributed by atoms with E-state index in [0.717, 1.165) is 42.7 Å². The molecule has 12 nitrogen and oxygen atoms in total. The first-order chi connectivity index (χ1) is 21.6. The molecule has 0 saturated heterocycles. The summed E-state index contributed by atoms with van der Waals surface area (Å²) in [6, 6.07) is 7.37. The number of carbonyl (C=O) groups is 1. The number of hydrogen-bond donors (Lipinski definition) is 2. The molecule has 3 aromatic rings. The molecule has 45 heavy (non-hydrogen) atoms. The minimum Gasteiger partial charge on any atom is -0.461 e. The molecular weight excluding hydrogens is 637 g/mol. The van der Waals surface area contributed by atoms with Crippen molar-refractivity contribution in [3.8, 4) is 5.75 Å². The van der Waals surface area contributed by atoms with Gasteiger partial charge in [0.25, 0.3) is 0 Å². The zero-order valence-electron chi connectivity index (χ0n) is 27.0. The van der Waals surface area contributed by atoms with E-state index in [9.17, 15) is 4.79 Å². The van der Waals surface area contributed by atoms with E-state index in [0.29, 0.717) is 23.2 Å². The van der Waals surface area contributed by atoms with E-state index in [1.54, 1.807) is 57.9 Å². The van der Waals surface area contributed by atoms with E-state index in [-0.39, 0.29) is 30.8 Å². The Morgan fingerprint density at radius 2 is 1.96 bits per heavy atom. The van der Waals surface area contributed by atoms with Gasteiger partial charge in [-0.1, -0.05) is 36.9 Å². The quantitative estimate of drug-likeness (QED) is 0.0611. The Labute approximate surface area is 276 Å². The molecule has 4 rings (SSSR count). The number of hydrazine groups is 1. The van der Waals surface area contributed by atoms with Gasteiger partial charge in [0, 0.05) is 24.2 Å². The summed E-state index contributed by atoms with van der Waals surface area (Å²) in [5.41, 5.74) is 0.432. The number of nitrogens with zero attached hydrogens (tertiary/aromatic N) is 5. The average molecular weight is 682 g/mol. The summed E-state index contributed by atoms with van der Waals surface area (Å²) in [5.74, 6) is 0.952. The van der Waals surface area contributed by atoms with E-state index >= 15 is 0 Å². The van der Waals surface area contributed by atoms with Crippen molar-refractivity contribution in [1.29, 1.82) is 0 Å². The minimum absolute atomic E-state index is 0.0166. The highest BCUT2D eigenvalue weighted by Gasteiger charge is 2.36. The zero-order valence-corrected chi connectivity index (χ0v) is 29.5. The number of anilines is 1. The number of hydrogen-bond acceptors (Lipinski definition) is 12. The summed E-state index contributed by atoms with van der Waals surface area (Å²) < 4.78 is 26.0. The fourth-order valence-corrected chi connectivity index (χ4v) is 6.56. The Morgan fingerprint density at radius 3 is 2.60 bits per heavy atom. The predicted molar refractivity (Wildman–Crippen MR) is 180 cm³/mol. The summed E-state index contributed by atoms with van der Waals surface area (Å²) in [7, 11) is -0.127. The Balaban J connectivity index is 1.45. The van der Waals surface area contributed by atoms with Gasteiger partial charge in [0.05, 0.1) is 25.1 Å². The lowest BCUT2D eigenvalue weighted by Gasteiger charge is -2.30. The molecule has 4 atom stereocenters.